The predicted molar refractivity (Wildman–Crippen MR) is 114 cm³/mol. The molecule has 1 heterocycles. The van der Waals surface area contributed by atoms with Crippen LogP contribution in [0.25, 0.3) is 5.73 Å². The fourth-order valence-corrected chi connectivity index (χ4v) is 3.87. The van der Waals surface area contributed by atoms with Crippen molar-refractivity contribution in [1.82, 2.24) is 0 Å². The second-order valence-corrected chi connectivity index (χ2v) is 9.11. The third-order valence-electron chi connectivity index (χ3n) is 2.02. The van der Waals surface area contributed by atoms with Crippen molar-refractivity contribution in [3.63, 3.8) is 0 Å². The van der Waals surface area contributed by atoms with E-state index in [9.17, 15) is 0 Å². The molecular formula is C15H29BrCl2NPSiZr-4. The van der Waals surface area contributed by atoms with Crippen LogP contribution in [0, 0.1) is 20.9 Å². The minimum absolute atomic E-state index is 0. The molecule has 0 aromatic heterocycles. The van der Waals surface area contributed by atoms with Crippen molar-refractivity contribution in [2.24, 2.45) is 0 Å². The van der Waals surface area contributed by atoms with Gasteiger partial charge in [0.1, 0.15) is 0 Å². The number of nitrogens with one attached hydrogen (secondary N) is 1. The SMILES string of the molecule is CC(C)(C)[NH-].CC1=[C-]C2=CC(Br)P(C)C2=C1.Cl.Cl.[CH3-].[CH3-].[SiH2]=[Zr]. The normalized spacial score (nSPS) is 20.2. The zero-order valence-electron chi connectivity index (χ0n) is 14.6. The van der Waals surface area contributed by atoms with Gasteiger partial charge in [-0.3, -0.25) is 0 Å². The fraction of sp³-hybridized carbons (Fsp3) is 0.467. The number of allylic oxidation sites excluding steroid dienone is 6. The molecule has 2 atom stereocenters. The van der Waals surface area contributed by atoms with Crippen LogP contribution < -0.4 is 0 Å². The van der Waals surface area contributed by atoms with Gasteiger partial charge < -0.3 is 20.6 Å². The van der Waals surface area contributed by atoms with Crippen molar-refractivity contribution in [2.75, 3.05) is 6.66 Å². The van der Waals surface area contributed by atoms with Gasteiger partial charge in [-0.15, -0.1) is 61.3 Å². The van der Waals surface area contributed by atoms with E-state index in [0.29, 0.717) is 4.57 Å². The van der Waals surface area contributed by atoms with Crippen LogP contribution in [0.2, 0.25) is 0 Å². The van der Waals surface area contributed by atoms with Gasteiger partial charge >= 0.3 is 30.2 Å². The van der Waals surface area contributed by atoms with Gasteiger partial charge in [0, 0.05) is 4.57 Å². The van der Waals surface area contributed by atoms with E-state index in [1.807, 2.05) is 27.7 Å². The van der Waals surface area contributed by atoms with Gasteiger partial charge in [0.15, 0.2) is 0 Å². The molecule has 1 nitrogen and oxygen atoms in total. The number of halogens is 3. The van der Waals surface area contributed by atoms with E-state index in [4.69, 9.17) is 5.73 Å². The minimum atomic E-state index is -0.250. The van der Waals surface area contributed by atoms with Crippen LogP contribution in [0.15, 0.2) is 28.6 Å². The van der Waals surface area contributed by atoms with Crippen LogP contribution in [-0.4, -0.2) is 23.7 Å². The molecule has 0 fully saturated rings. The number of rotatable bonds is 0. The molecule has 0 amide bonds. The number of fused-ring (bicyclic) bond motifs is 1. The molecule has 0 aromatic carbocycles. The van der Waals surface area contributed by atoms with Crippen molar-refractivity contribution in [1.29, 1.82) is 0 Å². The molecule has 0 bridgehead atoms. The van der Waals surface area contributed by atoms with Gasteiger partial charge in [0.25, 0.3) is 0 Å². The van der Waals surface area contributed by atoms with Crippen LogP contribution in [-0.2, 0) is 23.3 Å². The van der Waals surface area contributed by atoms with E-state index in [0.717, 1.165) is 0 Å². The standard InChI is InChI=1S/C9H9BrP.C4H10N.2CH3.2ClH.H2Si.Zr/c1-6-3-7-5-9(10)11(2)8(7)4-6;1-4(2,3)5;;;;;;/h4-5,9H,1-2H3;5H,1-3H3;2*1H3;2*1H;1H2;/q4*-1;;;;. The molecule has 0 saturated carbocycles. The summed E-state index contributed by atoms with van der Waals surface area (Å²) in [6, 6.07) is 0. The molecule has 2 unspecified atom stereocenters. The molecule has 1 N–H and O–H groups in total. The molecule has 0 radical (unpaired) electrons. The summed E-state index contributed by atoms with van der Waals surface area (Å²) in [5.74, 6) is 0. The molecule has 2 aliphatic rings. The zero-order valence-corrected chi connectivity index (χ0v) is 22.6. The van der Waals surface area contributed by atoms with Crippen LogP contribution >= 0.6 is 48.7 Å². The summed E-state index contributed by atoms with van der Waals surface area (Å²) in [7, 11) is 0.00862. The molecule has 0 aromatic rings. The maximum atomic E-state index is 6.94. The van der Waals surface area contributed by atoms with Crippen LogP contribution in [0.4, 0.5) is 0 Å². The van der Waals surface area contributed by atoms with E-state index < -0.39 is 0 Å². The van der Waals surface area contributed by atoms with E-state index in [1.165, 1.54) is 16.5 Å². The summed E-state index contributed by atoms with van der Waals surface area (Å²) in [4.78, 5) is 0. The first kappa shape index (κ1) is 35.0. The maximum absolute atomic E-state index is 6.94. The number of hydrogen-bond donors (Lipinski definition) is 0. The summed E-state index contributed by atoms with van der Waals surface area (Å²) in [6.07, 6.45) is 7.88. The average Bonchev–Trinajstić information content (AvgIpc) is 2.68. The fourth-order valence-electron chi connectivity index (χ4n) is 1.40. The Labute approximate surface area is 177 Å². The average molecular weight is 524 g/mol. The first-order valence-electron chi connectivity index (χ1n) is 5.70. The molecule has 7 heteroatoms. The Morgan fingerprint density at radius 1 is 1.27 bits per heavy atom. The molecule has 22 heavy (non-hydrogen) atoms. The first-order chi connectivity index (χ1) is 8.18. The number of alkyl halides is 1. The van der Waals surface area contributed by atoms with Gasteiger partial charge in [-0.2, -0.15) is 11.6 Å². The Morgan fingerprint density at radius 3 is 1.95 bits per heavy atom. The Bertz CT molecular complexity index is 389. The van der Waals surface area contributed by atoms with Crippen molar-refractivity contribution < 1.29 is 23.3 Å². The number of hydrogen-bond acceptors (Lipinski definition) is 0. The summed E-state index contributed by atoms with van der Waals surface area (Å²) in [6.45, 7) is 11.9. The van der Waals surface area contributed by atoms with Gasteiger partial charge in [0.05, 0.1) is 0 Å². The monoisotopic (exact) mass is 521 g/mol. The summed E-state index contributed by atoms with van der Waals surface area (Å²) >= 11 is 5.22. The molecule has 132 valence electrons. The van der Waals surface area contributed by atoms with Gasteiger partial charge in [0.2, 0.25) is 0 Å². The quantitative estimate of drug-likeness (QED) is 0.159. The van der Waals surface area contributed by atoms with Crippen molar-refractivity contribution in [3.8, 4) is 0 Å². The Morgan fingerprint density at radius 2 is 1.64 bits per heavy atom. The van der Waals surface area contributed by atoms with Crippen LogP contribution in [0.5, 0.6) is 0 Å². The summed E-state index contributed by atoms with van der Waals surface area (Å²) < 4.78 is 0.583. The summed E-state index contributed by atoms with van der Waals surface area (Å²) in [5, 5.41) is 1.51. The Kier molecular flexibility index (Phi) is 25.8. The second kappa shape index (κ2) is 16.2. The van der Waals surface area contributed by atoms with Crippen molar-refractivity contribution in [2.45, 2.75) is 37.8 Å². The van der Waals surface area contributed by atoms with E-state index in [1.54, 1.807) is 23.3 Å². The third-order valence-corrected chi connectivity index (χ3v) is 6.14. The van der Waals surface area contributed by atoms with Gasteiger partial charge in [-0.25, -0.2) is 0 Å². The molecule has 2 rings (SSSR count). The Balaban J connectivity index is -0.0000000780. The second-order valence-electron chi connectivity index (χ2n) is 5.15. The van der Waals surface area contributed by atoms with E-state index >= 15 is 0 Å². The van der Waals surface area contributed by atoms with Crippen molar-refractivity contribution in [3.05, 3.63) is 55.3 Å². The molecule has 0 saturated heterocycles. The van der Waals surface area contributed by atoms with Crippen LogP contribution in [0.1, 0.15) is 27.7 Å². The van der Waals surface area contributed by atoms with E-state index in [-0.39, 0.29) is 53.1 Å². The van der Waals surface area contributed by atoms with Gasteiger partial charge in [-0.05, 0) is 6.66 Å². The molecular weight excluding hydrogens is 495 g/mol. The molecule has 1 aliphatic heterocycles. The van der Waals surface area contributed by atoms with E-state index in [2.05, 4.69) is 47.7 Å². The topological polar surface area (TPSA) is 23.8 Å². The first-order valence-corrected chi connectivity index (χ1v) is 14.4. The predicted octanol–water partition coefficient (Wildman–Crippen LogP) is 6.07. The summed E-state index contributed by atoms with van der Waals surface area (Å²) in [5.41, 5.74) is 9.30. The van der Waals surface area contributed by atoms with Crippen molar-refractivity contribution >= 4 is 55.5 Å². The Hall–Kier alpha value is 1.77. The molecule has 0 spiro atoms. The third kappa shape index (κ3) is 14.1. The molecule has 1 aliphatic carbocycles. The van der Waals surface area contributed by atoms with Gasteiger partial charge in [-0.1, -0.05) is 43.6 Å². The van der Waals surface area contributed by atoms with Crippen LogP contribution in [0.3, 0.4) is 0 Å². The zero-order chi connectivity index (χ0) is 14.5.